The van der Waals surface area contributed by atoms with Gasteiger partial charge in [-0.25, -0.2) is 0 Å². The van der Waals surface area contributed by atoms with Crippen LogP contribution in [0.2, 0.25) is 0 Å². The molecule has 2 aromatic heterocycles. The number of rotatable bonds is 3. The largest absolute Gasteiger partial charge is 0.343 e. The maximum absolute atomic E-state index is 11.3. The lowest BCUT2D eigenvalue weighted by Crippen LogP contribution is -2.26. The number of carbonyl (C=O) groups excluding carboxylic acids is 1. The quantitative estimate of drug-likeness (QED) is 0.912. The molecule has 0 aromatic carbocycles. The topological polar surface area (TPSA) is 74.8 Å². The lowest BCUT2D eigenvalue weighted by Gasteiger charge is -2.13. The summed E-state index contributed by atoms with van der Waals surface area (Å²) in [5, 5.41) is 6.66. The van der Waals surface area contributed by atoms with Gasteiger partial charge in [-0.1, -0.05) is 0 Å². The van der Waals surface area contributed by atoms with E-state index in [-0.39, 0.29) is 5.91 Å². The van der Waals surface area contributed by atoms with Crippen molar-refractivity contribution in [2.24, 2.45) is 5.92 Å². The fourth-order valence-corrected chi connectivity index (χ4v) is 2.58. The van der Waals surface area contributed by atoms with Crippen molar-refractivity contribution in [3.63, 3.8) is 0 Å². The Kier molecular flexibility index (Phi) is 3.45. The van der Waals surface area contributed by atoms with Gasteiger partial charge in [0.1, 0.15) is 0 Å². The standard InChI is InChI=1S/C14H17N5O/c1-10(20)19-3-2-11(9-19)4-13-7-16-14(8-15-13)12-5-17-18-6-12/h5-8,11H,2-4,9H2,1H3,(H,17,18)/t11-/m0/s1. The Hall–Kier alpha value is -2.24. The number of aromatic nitrogens is 4. The lowest BCUT2D eigenvalue weighted by molar-refractivity contribution is -0.127. The van der Waals surface area contributed by atoms with Crippen LogP contribution in [0.5, 0.6) is 0 Å². The van der Waals surface area contributed by atoms with Crippen molar-refractivity contribution < 1.29 is 4.79 Å². The Bertz CT molecular complexity index is 578. The number of carbonyl (C=O) groups is 1. The summed E-state index contributed by atoms with van der Waals surface area (Å²) in [4.78, 5) is 22.1. The predicted octanol–water partition coefficient (Wildman–Crippen LogP) is 1.28. The van der Waals surface area contributed by atoms with Gasteiger partial charge >= 0.3 is 0 Å². The molecular weight excluding hydrogens is 254 g/mol. The number of nitrogens with one attached hydrogen (secondary N) is 1. The van der Waals surface area contributed by atoms with Crippen molar-refractivity contribution in [2.75, 3.05) is 13.1 Å². The van der Waals surface area contributed by atoms with Crippen molar-refractivity contribution in [1.29, 1.82) is 0 Å². The van der Waals surface area contributed by atoms with Gasteiger partial charge in [0.15, 0.2) is 0 Å². The summed E-state index contributed by atoms with van der Waals surface area (Å²) in [6.45, 7) is 3.32. The van der Waals surface area contributed by atoms with Crippen molar-refractivity contribution >= 4 is 5.91 Å². The fraction of sp³-hybridized carbons (Fsp3) is 0.429. The molecular formula is C14H17N5O. The highest BCUT2D eigenvalue weighted by Gasteiger charge is 2.24. The molecule has 1 N–H and O–H groups in total. The van der Waals surface area contributed by atoms with Crippen LogP contribution in [0.25, 0.3) is 11.3 Å². The summed E-state index contributed by atoms with van der Waals surface area (Å²) < 4.78 is 0. The van der Waals surface area contributed by atoms with Gasteiger partial charge in [-0.3, -0.25) is 19.9 Å². The minimum atomic E-state index is 0.161. The average molecular weight is 271 g/mol. The molecule has 1 amide bonds. The molecule has 1 fully saturated rings. The van der Waals surface area contributed by atoms with Crippen LogP contribution in [0.1, 0.15) is 19.0 Å². The molecule has 0 spiro atoms. The van der Waals surface area contributed by atoms with Gasteiger partial charge in [0, 0.05) is 38.0 Å². The smallest absolute Gasteiger partial charge is 0.219 e. The van der Waals surface area contributed by atoms with Gasteiger partial charge < -0.3 is 4.90 Å². The zero-order chi connectivity index (χ0) is 13.9. The van der Waals surface area contributed by atoms with E-state index in [1.54, 1.807) is 25.5 Å². The molecule has 0 saturated carbocycles. The third-order valence-electron chi connectivity index (χ3n) is 3.73. The molecule has 104 valence electrons. The Morgan fingerprint density at radius 2 is 2.30 bits per heavy atom. The molecule has 6 nitrogen and oxygen atoms in total. The van der Waals surface area contributed by atoms with Gasteiger partial charge in [0.05, 0.1) is 23.8 Å². The molecule has 0 unspecified atom stereocenters. The summed E-state index contributed by atoms with van der Waals surface area (Å²) in [7, 11) is 0. The zero-order valence-electron chi connectivity index (χ0n) is 11.4. The monoisotopic (exact) mass is 271 g/mol. The molecule has 2 aromatic rings. The highest BCUT2D eigenvalue weighted by Crippen LogP contribution is 2.20. The van der Waals surface area contributed by atoms with Crippen LogP contribution in [0, 0.1) is 5.92 Å². The maximum atomic E-state index is 11.3. The number of amides is 1. The summed E-state index contributed by atoms with van der Waals surface area (Å²) in [6.07, 6.45) is 9.04. The Balaban J connectivity index is 1.63. The average Bonchev–Trinajstić information content (AvgIpc) is 3.10. The van der Waals surface area contributed by atoms with E-state index in [0.717, 1.165) is 42.9 Å². The van der Waals surface area contributed by atoms with Crippen LogP contribution in [0.15, 0.2) is 24.8 Å². The Morgan fingerprint density at radius 1 is 1.40 bits per heavy atom. The first-order valence-electron chi connectivity index (χ1n) is 6.78. The molecule has 6 heteroatoms. The van der Waals surface area contributed by atoms with Crippen LogP contribution < -0.4 is 0 Å². The second-order valence-electron chi connectivity index (χ2n) is 5.20. The number of hydrogen-bond donors (Lipinski definition) is 1. The Labute approximate surface area is 117 Å². The zero-order valence-corrected chi connectivity index (χ0v) is 11.4. The molecule has 0 radical (unpaired) electrons. The predicted molar refractivity (Wildman–Crippen MR) is 73.7 cm³/mol. The number of H-pyrrole nitrogens is 1. The first-order chi connectivity index (χ1) is 9.72. The summed E-state index contributed by atoms with van der Waals surface area (Å²) >= 11 is 0. The van der Waals surface area contributed by atoms with Crippen molar-refractivity contribution in [1.82, 2.24) is 25.1 Å². The number of aromatic amines is 1. The molecule has 1 saturated heterocycles. The second kappa shape index (κ2) is 5.40. The molecule has 0 aliphatic carbocycles. The molecule has 20 heavy (non-hydrogen) atoms. The third kappa shape index (κ3) is 2.68. The van der Waals surface area contributed by atoms with Gasteiger partial charge in [0.2, 0.25) is 5.91 Å². The SMILES string of the molecule is CC(=O)N1CC[C@@H](Cc2cnc(-c3cn[nH]c3)cn2)C1. The van der Waals surface area contributed by atoms with Gasteiger partial charge in [-0.2, -0.15) is 5.10 Å². The van der Waals surface area contributed by atoms with Crippen LogP contribution in [0.4, 0.5) is 0 Å². The summed E-state index contributed by atoms with van der Waals surface area (Å²) in [5.74, 6) is 0.655. The van der Waals surface area contributed by atoms with E-state index in [1.165, 1.54) is 0 Å². The first-order valence-corrected chi connectivity index (χ1v) is 6.78. The Morgan fingerprint density at radius 3 is 2.90 bits per heavy atom. The highest BCUT2D eigenvalue weighted by atomic mass is 16.2. The van der Waals surface area contributed by atoms with Gasteiger partial charge in [-0.05, 0) is 18.8 Å². The van der Waals surface area contributed by atoms with E-state index in [0.29, 0.717) is 5.92 Å². The van der Waals surface area contributed by atoms with E-state index >= 15 is 0 Å². The molecule has 0 bridgehead atoms. The summed E-state index contributed by atoms with van der Waals surface area (Å²) in [5.41, 5.74) is 2.74. The van der Waals surface area contributed by atoms with Crippen LogP contribution in [0.3, 0.4) is 0 Å². The number of hydrogen-bond acceptors (Lipinski definition) is 4. The van der Waals surface area contributed by atoms with Crippen LogP contribution in [-0.2, 0) is 11.2 Å². The maximum Gasteiger partial charge on any atom is 0.219 e. The molecule has 1 aliphatic heterocycles. The van der Waals surface area contributed by atoms with Crippen molar-refractivity contribution in [3.8, 4) is 11.3 Å². The van der Waals surface area contributed by atoms with Crippen molar-refractivity contribution in [3.05, 3.63) is 30.5 Å². The minimum Gasteiger partial charge on any atom is -0.343 e. The molecule has 1 aliphatic rings. The molecule has 3 rings (SSSR count). The van der Waals surface area contributed by atoms with Gasteiger partial charge in [-0.15, -0.1) is 0 Å². The normalized spacial score (nSPS) is 18.4. The summed E-state index contributed by atoms with van der Waals surface area (Å²) in [6, 6.07) is 0. The highest BCUT2D eigenvalue weighted by molar-refractivity contribution is 5.73. The molecule has 3 heterocycles. The minimum absolute atomic E-state index is 0.161. The molecule has 1 atom stereocenters. The number of nitrogens with zero attached hydrogens (tertiary/aromatic N) is 4. The van der Waals surface area contributed by atoms with Gasteiger partial charge in [0.25, 0.3) is 0 Å². The second-order valence-corrected chi connectivity index (χ2v) is 5.20. The fourth-order valence-electron chi connectivity index (χ4n) is 2.58. The van der Waals surface area contributed by atoms with E-state index in [4.69, 9.17) is 0 Å². The van der Waals surface area contributed by atoms with E-state index in [2.05, 4.69) is 20.2 Å². The van der Waals surface area contributed by atoms with E-state index in [1.807, 2.05) is 11.1 Å². The third-order valence-corrected chi connectivity index (χ3v) is 3.73. The number of likely N-dealkylation sites (tertiary alicyclic amines) is 1. The van der Waals surface area contributed by atoms with Crippen LogP contribution >= 0.6 is 0 Å². The van der Waals surface area contributed by atoms with E-state index in [9.17, 15) is 4.79 Å². The van der Waals surface area contributed by atoms with Crippen LogP contribution in [-0.4, -0.2) is 44.1 Å². The van der Waals surface area contributed by atoms with Crippen molar-refractivity contribution in [2.45, 2.75) is 19.8 Å². The van der Waals surface area contributed by atoms with E-state index < -0.39 is 0 Å². The first kappa shape index (κ1) is 12.8. The lowest BCUT2D eigenvalue weighted by atomic mass is 10.0.